The van der Waals surface area contributed by atoms with Crippen LogP contribution >= 0.6 is 0 Å². The largest absolute Gasteiger partial charge is 0.328 e. The van der Waals surface area contributed by atoms with Crippen molar-refractivity contribution >= 4 is 28.5 Å². The van der Waals surface area contributed by atoms with Crippen LogP contribution in [-0.2, 0) is 12.0 Å². The van der Waals surface area contributed by atoms with E-state index in [1.165, 1.54) is 15.8 Å². The number of nitrogens with zero attached hydrogens (tertiary/aromatic N) is 3. The Balaban J connectivity index is 1.62. The highest BCUT2D eigenvalue weighted by Gasteiger charge is 2.48. The molecule has 2 amide bonds. The van der Waals surface area contributed by atoms with Gasteiger partial charge >= 0.3 is 6.03 Å². The van der Waals surface area contributed by atoms with Crippen LogP contribution in [0.25, 0.3) is 10.9 Å². The van der Waals surface area contributed by atoms with Crippen molar-refractivity contribution < 1.29 is 9.59 Å². The van der Waals surface area contributed by atoms with Crippen molar-refractivity contribution in [1.82, 2.24) is 20.0 Å². The molecule has 2 N–H and O–H groups in total. The van der Waals surface area contributed by atoms with Gasteiger partial charge in [0.05, 0.1) is 29.5 Å². The van der Waals surface area contributed by atoms with E-state index in [9.17, 15) is 9.59 Å². The molecule has 0 saturated heterocycles. The molecule has 0 bridgehead atoms. The topological polar surface area (TPSA) is 79.3 Å². The summed E-state index contributed by atoms with van der Waals surface area (Å²) >= 11 is 0. The van der Waals surface area contributed by atoms with Gasteiger partial charge in [-0.1, -0.05) is 51.1 Å². The van der Waals surface area contributed by atoms with Gasteiger partial charge in [-0.05, 0) is 55.6 Å². The lowest BCUT2D eigenvalue weighted by atomic mass is 9.70. The molecule has 2 aromatic carbocycles. The molecule has 4 rings (SSSR count). The second-order valence-corrected chi connectivity index (χ2v) is 9.82. The molecule has 7 nitrogen and oxygen atoms in total. The van der Waals surface area contributed by atoms with Gasteiger partial charge in [-0.15, -0.1) is 0 Å². The standard InChI is InChI=1S/C25H31N5O2/c1-24(2,3)25(14-13-17-9-6-7-10-19(17)25)28-23(32)27-20-11-8-12-21-18(20)15-26-30(21)22(31)16-29(4)5/h6-12,15H,13-14,16H2,1-5H3,(H2,27,28,32)/t25-/m0/s1. The summed E-state index contributed by atoms with van der Waals surface area (Å²) in [7, 11) is 3.68. The van der Waals surface area contributed by atoms with E-state index in [0.29, 0.717) is 11.2 Å². The number of anilines is 1. The first-order valence-electron chi connectivity index (χ1n) is 10.9. The number of likely N-dealkylation sites (N-methyl/N-ethyl adjacent to an activating group) is 1. The van der Waals surface area contributed by atoms with Crippen LogP contribution in [0.3, 0.4) is 0 Å². The molecule has 7 heteroatoms. The fraction of sp³-hybridized carbons (Fsp3) is 0.400. The summed E-state index contributed by atoms with van der Waals surface area (Å²) in [5.74, 6) is -0.124. The Morgan fingerprint density at radius 1 is 1.12 bits per heavy atom. The number of fused-ring (bicyclic) bond motifs is 2. The Morgan fingerprint density at radius 2 is 1.88 bits per heavy atom. The maximum Gasteiger partial charge on any atom is 0.319 e. The predicted molar refractivity (Wildman–Crippen MR) is 127 cm³/mol. The second kappa shape index (κ2) is 8.06. The monoisotopic (exact) mass is 433 g/mol. The zero-order valence-corrected chi connectivity index (χ0v) is 19.4. The van der Waals surface area contributed by atoms with E-state index < -0.39 is 5.54 Å². The Kier molecular flexibility index (Phi) is 5.54. The lowest BCUT2D eigenvalue weighted by molar-refractivity contribution is 0.0866. The number of urea groups is 1. The highest BCUT2D eigenvalue weighted by Crippen LogP contribution is 2.48. The molecule has 0 fully saturated rings. The van der Waals surface area contributed by atoms with Gasteiger partial charge in [-0.3, -0.25) is 4.79 Å². The SMILES string of the molecule is CN(C)CC(=O)n1ncc2c(NC(=O)N[C@@]3(C(C)(C)C)CCc4ccccc43)cccc21. The smallest absolute Gasteiger partial charge is 0.319 e. The van der Waals surface area contributed by atoms with E-state index in [-0.39, 0.29) is 23.9 Å². The Labute approximate surface area is 188 Å². The number of hydrogen-bond donors (Lipinski definition) is 2. The van der Waals surface area contributed by atoms with Gasteiger partial charge < -0.3 is 15.5 Å². The Morgan fingerprint density at radius 3 is 2.59 bits per heavy atom. The van der Waals surface area contributed by atoms with Gasteiger partial charge in [0.1, 0.15) is 0 Å². The third-order valence-electron chi connectivity index (χ3n) is 6.40. The minimum absolute atomic E-state index is 0.124. The molecule has 1 heterocycles. The molecule has 1 aliphatic carbocycles. The van der Waals surface area contributed by atoms with Crippen LogP contribution < -0.4 is 10.6 Å². The molecule has 1 atom stereocenters. The van der Waals surface area contributed by atoms with E-state index in [1.54, 1.807) is 11.1 Å². The van der Waals surface area contributed by atoms with Crippen LogP contribution in [0.15, 0.2) is 48.7 Å². The summed E-state index contributed by atoms with van der Waals surface area (Å²) < 4.78 is 1.39. The van der Waals surface area contributed by atoms with Crippen LogP contribution in [-0.4, -0.2) is 47.3 Å². The van der Waals surface area contributed by atoms with Gasteiger partial charge in [0.15, 0.2) is 0 Å². The summed E-state index contributed by atoms with van der Waals surface area (Å²) in [4.78, 5) is 27.6. The van der Waals surface area contributed by atoms with Crippen LogP contribution in [0.2, 0.25) is 0 Å². The minimum atomic E-state index is -0.465. The summed E-state index contributed by atoms with van der Waals surface area (Å²) in [6, 6.07) is 13.6. The van der Waals surface area contributed by atoms with Crippen LogP contribution in [0, 0.1) is 5.41 Å². The molecule has 1 aromatic heterocycles. The van der Waals surface area contributed by atoms with Crippen molar-refractivity contribution in [3.05, 3.63) is 59.8 Å². The maximum atomic E-state index is 13.2. The van der Waals surface area contributed by atoms with E-state index in [1.807, 2.05) is 44.4 Å². The lowest BCUT2D eigenvalue weighted by Gasteiger charge is -2.43. The first kappa shape index (κ1) is 22.0. The molecule has 1 aliphatic rings. The molecule has 32 heavy (non-hydrogen) atoms. The Bertz CT molecular complexity index is 1170. The van der Waals surface area contributed by atoms with E-state index in [4.69, 9.17) is 0 Å². The quantitative estimate of drug-likeness (QED) is 0.645. The van der Waals surface area contributed by atoms with Crippen molar-refractivity contribution in [3.63, 3.8) is 0 Å². The summed E-state index contributed by atoms with van der Waals surface area (Å²) in [6.45, 7) is 6.74. The zero-order valence-electron chi connectivity index (χ0n) is 19.4. The highest BCUT2D eigenvalue weighted by molar-refractivity contribution is 6.03. The third-order valence-corrected chi connectivity index (χ3v) is 6.40. The molecule has 0 radical (unpaired) electrons. The number of benzene rings is 2. The number of carbonyl (C=O) groups excluding carboxylic acids is 2. The number of aryl methyl sites for hydroxylation is 1. The maximum absolute atomic E-state index is 13.2. The number of amides is 2. The van der Waals surface area contributed by atoms with Crippen molar-refractivity contribution in [3.8, 4) is 0 Å². The zero-order chi connectivity index (χ0) is 23.1. The van der Waals surface area contributed by atoms with Gasteiger partial charge in [0.2, 0.25) is 0 Å². The fourth-order valence-corrected chi connectivity index (χ4v) is 4.75. The summed E-state index contributed by atoms with van der Waals surface area (Å²) in [5.41, 5.74) is 3.12. The van der Waals surface area contributed by atoms with Gasteiger partial charge in [0, 0.05) is 5.39 Å². The lowest BCUT2D eigenvalue weighted by Crippen LogP contribution is -2.54. The third kappa shape index (κ3) is 3.77. The molecule has 0 aliphatic heterocycles. The van der Waals surface area contributed by atoms with E-state index in [2.05, 4.69) is 48.6 Å². The highest BCUT2D eigenvalue weighted by atomic mass is 16.2. The number of carbonyl (C=O) groups is 2. The van der Waals surface area contributed by atoms with Crippen molar-refractivity contribution in [2.75, 3.05) is 26.0 Å². The van der Waals surface area contributed by atoms with Crippen molar-refractivity contribution in [2.45, 2.75) is 39.2 Å². The average molecular weight is 434 g/mol. The van der Waals surface area contributed by atoms with Gasteiger partial charge in [-0.2, -0.15) is 9.78 Å². The molecule has 0 unspecified atom stereocenters. The molecular formula is C25H31N5O2. The normalized spacial score (nSPS) is 18.1. The second-order valence-electron chi connectivity index (χ2n) is 9.82. The molecule has 168 valence electrons. The molecule has 0 saturated carbocycles. The summed E-state index contributed by atoms with van der Waals surface area (Å²) in [5, 5.41) is 11.3. The van der Waals surface area contributed by atoms with Crippen LogP contribution in [0.5, 0.6) is 0 Å². The van der Waals surface area contributed by atoms with Crippen LogP contribution in [0.1, 0.15) is 43.1 Å². The fourth-order valence-electron chi connectivity index (χ4n) is 4.75. The minimum Gasteiger partial charge on any atom is -0.328 e. The number of aromatic nitrogens is 2. The Hall–Kier alpha value is -3.19. The number of hydrogen-bond acceptors (Lipinski definition) is 4. The van der Waals surface area contributed by atoms with Gasteiger partial charge in [0.25, 0.3) is 5.91 Å². The molecular weight excluding hydrogens is 402 g/mol. The van der Waals surface area contributed by atoms with Crippen molar-refractivity contribution in [2.24, 2.45) is 5.41 Å². The molecule has 0 spiro atoms. The van der Waals surface area contributed by atoms with E-state index in [0.717, 1.165) is 18.2 Å². The summed E-state index contributed by atoms with van der Waals surface area (Å²) in [6.07, 6.45) is 3.41. The number of nitrogens with one attached hydrogen (secondary N) is 2. The number of rotatable bonds is 4. The van der Waals surface area contributed by atoms with E-state index >= 15 is 0 Å². The first-order chi connectivity index (χ1) is 15.1. The molecule has 3 aromatic rings. The van der Waals surface area contributed by atoms with Crippen molar-refractivity contribution in [1.29, 1.82) is 0 Å². The van der Waals surface area contributed by atoms with Gasteiger partial charge in [-0.25, -0.2) is 4.79 Å². The first-order valence-corrected chi connectivity index (χ1v) is 10.9. The average Bonchev–Trinajstić information content (AvgIpc) is 3.31. The predicted octanol–water partition coefficient (Wildman–Crippen LogP) is 4.25. The van der Waals surface area contributed by atoms with Crippen LogP contribution in [0.4, 0.5) is 10.5 Å².